The molecule has 2 heterocycles. The first-order valence-corrected chi connectivity index (χ1v) is 11.0. The van der Waals surface area contributed by atoms with Gasteiger partial charge in [0.1, 0.15) is 18.0 Å². The van der Waals surface area contributed by atoms with Gasteiger partial charge in [0, 0.05) is 31.0 Å². The minimum absolute atomic E-state index is 0.00858. The summed E-state index contributed by atoms with van der Waals surface area (Å²) in [5.74, 6) is -0.552. The molecule has 31 heavy (non-hydrogen) atoms. The molecule has 2 amide bonds. The van der Waals surface area contributed by atoms with Crippen LogP contribution >= 0.6 is 0 Å². The smallest absolute Gasteiger partial charge is 0.245 e. The van der Waals surface area contributed by atoms with E-state index in [-0.39, 0.29) is 30.1 Å². The highest BCUT2D eigenvalue weighted by molar-refractivity contribution is 5.89. The minimum Gasteiger partial charge on any atom is -0.370 e. The molecule has 2 aliphatic heterocycles. The Balaban J connectivity index is 1.58. The summed E-state index contributed by atoms with van der Waals surface area (Å²) in [5.41, 5.74) is 2.66. The van der Waals surface area contributed by atoms with Crippen LogP contribution in [0.3, 0.4) is 0 Å². The SMILES string of the molecule is CCC(C)C(=O)N1Cc2ccccc2CC1C(=O)N1CCOC(c2ccccc2F)C1. The summed E-state index contributed by atoms with van der Waals surface area (Å²) in [6.07, 6.45) is 0.720. The molecule has 0 saturated carbocycles. The molecule has 164 valence electrons. The number of nitrogens with zero attached hydrogens (tertiary/aromatic N) is 2. The molecule has 2 aromatic rings. The Bertz CT molecular complexity index is 963. The van der Waals surface area contributed by atoms with Crippen molar-refractivity contribution in [2.75, 3.05) is 19.7 Å². The molecular formula is C25H29FN2O3. The van der Waals surface area contributed by atoms with Gasteiger partial charge in [0.05, 0.1) is 13.2 Å². The lowest BCUT2D eigenvalue weighted by atomic mass is 9.91. The van der Waals surface area contributed by atoms with Gasteiger partial charge >= 0.3 is 0 Å². The fourth-order valence-electron chi connectivity index (χ4n) is 4.42. The number of fused-ring (bicyclic) bond motifs is 1. The van der Waals surface area contributed by atoms with Crippen LogP contribution in [0.4, 0.5) is 4.39 Å². The second-order valence-corrected chi connectivity index (χ2v) is 8.43. The van der Waals surface area contributed by atoms with Crippen LogP contribution in [0.15, 0.2) is 48.5 Å². The lowest BCUT2D eigenvalue weighted by molar-refractivity contribution is -0.153. The van der Waals surface area contributed by atoms with Crippen molar-refractivity contribution in [1.82, 2.24) is 9.80 Å². The lowest BCUT2D eigenvalue weighted by Crippen LogP contribution is -2.56. The van der Waals surface area contributed by atoms with Gasteiger partial charge in [0.2, 0.25) is 11.8 Å². The highest BCUT2D eigenvalue weighted by Crippen LogP contribution is 2.29. The van der Waals surface area contributed by atoms with E-state index in [2.05, 4.69) is 0 Å². The second kappa shape index (κ2) is 9.18. The van der Waals surface area contributed by atoms with Gasteiger partial charge in [-0.15, -0.1) is 0 Å². The topological polar surface area (TPSA) is 49.9 Å². The zero-order chi connectivity index (χ0) is 22.0. The Morgan fingerprint density at radius 3 is 2.58 bits per heavy atom. The van der Waals surface area contributed by atoms with Gasteiger partial charge in [-0.3, -0.25) is 9.59 Å². The van der Waals surface area contributed by atoms with Crippen LogP contribution < -0.4 is 0 Å². The summed E-state index contributed by atoms with van der Waals surface area (Å²) >= 11 is 0. The quantitative estimate of drug-likeness (QED) is 0.752. The van der Waals surface area contributed by atoms with E-state index < -0.39 is 12.1 Å². The van der Waals surface area contributed by atoms with Crippen LogP contribution in [0.1, 0.15) is 43.1 Å². The van der Waals surface area contributed by atoms with Crippen LogP contribution in [-0.4, -0.2) is 47.4 Å². The van der Waals surface area contributed by atoms with Crippen molar-refractivity contribution in [3.63, 3.8) is 0 Å². The molecule has 0 bridgehead atoms. The number of hydrogen-bond donors (Lipinski definition) is 0. The van der Waals surface area contributed by atoms with Crippen molar-refractivity contribution in [3.05, 3.63) is 71.0 Å². The summed E-state index contributed by atoms with van der Waals surface area (Å²) in [7, 11) is 0. The van der Waals surface area contributed by atoms with Crippen molar-refractivity contribution >= 4 is 11.8 Å². The number of benzene rings is 2. The molecule has 3 unspecified atom stereocenters. The monoisotopic (exact) mass is 424 g/mol. The highest BCUT2D eigenvalue weighted by atomic mass is 19.1. The molecule has 2 aliphatic rings. The third-order valence-corrected chi connectivity index (χ3v) is 6.48. The molecule has 1 fully saturated rings. The first kappa shape index (κ1) is 21.5. The van der Waals surface area contributed by atoms with Crippen molar-refractivity contribution in [2.45, 2.75) is 45.4 Å². The number of rotatable bonds is 4. The highest BCUT2D eigenvalue weighted by Gasteiger charge is 2.39. The predicted octanol–water partition coefficient (Wildman–Crippen LogP) is 3.73. The van der Waals surface area contributed by atoms with E-state index in [1.807, 2.05) is 38.1 Å². The molecule has 4 rings (SSSR count). The molecular weight excluding hydrogens is 395 g/mol. The Morgan fingerprint density at radius 2 is 1.84 bits per heavy atom. The number of amides is 2. The third-order valence-electron chi connectivity index (χ3n) is 6.48. The van der Waals surface area contributed by atoms with Crippen molar-refractivity contribution in [2.24, 2.45) is 5.92 Å². The van der Waals surface area contributed by atoms with E-state index >= 15 is 0 Å². The average Bonchev–Trinajstić information content (AvgIpc) is 2.82. The lowest BCUT2D eigenvalue weighted by Gasteiger charge is -2.41. The summed E-state index contributed by atoms with van der Waals surface area (Å²) in [5, 5.41) is 0. The Morgan fingerprint density at radius 1 is 1.13 bits per heavy atom. The molecule has 1 saturated heterocycles. The van der Waals surface area contributed by atoms with E-state index in [1.165, 1.54) is 6.07 Å². The Hall–Kier alpha value is -2.73. The maximum atomic E-state index is 14.3. The first-order valence-electron chi connectivity index (χ1n) is 11.0. The second-order valence-electron chi connectivity index (χ2n) is 8.43. The molecule has 0 radical (unpaired) electrons. The molecule has 0 N–H and O–H groups in total. The van der Waals surface area contributed by atoms with Gasteiger partial charge in [-0.05, 0) is 23.6 Å². The van der Waals surface area contributed by atoms with Gasteiger partial charge in [0.25, 0.3) is 0 Å². The first-order chi connectivity index (χ1) is 15.0. The van der Waals surface area contributed by atoms with Gasteiger partial charge in [-0.2, -0.15) is 0 Å². The minimum atomic E-state index is -0.546. The molecule has 3 atom stereocenters. The molecule has 6 heteroatoms. The molecule has 0 aromatic heterocycles. The normalized spacial score (nSPS) is 22.0. The molecule has 0 spiro atoms. The van der Waals surface area contributed by atoms with Crippen molar-refractivity contribution in [3.8, 4) is 0 Å². The van der Waals surface area contributed by atoms with E-state index in [0.29, 0.717) is 31.7 Å². The summed E-state index contributed by atoms with van der Waals surface area (Å²) < 4.78 is 20.1. The predicted molar refractivity (Wildman–Crippen MR) is 116 cm³/mol. The van der Waals surface area contributed by atoms with Gasteiger partial charge in [-0.1, -0.05) is 56.3 Å². The zero-order valence-corrected chi connectivity index (χ0v) is 18.1. The fourth-order valence-corrected chi connectivity index (χ4v) is 4.42. The number of carbonyl (C=O) groups is 2. The zero-order valence-electron chi connectivity index (χ0n) is 18.1. The summed E-state index contributed by atoms with van der Waals surface area (Å²) in [6.45, 7) is 5.40. The number of carbonyl (C=O) groups excluding carboxylic acids is 2. The molecule has 2 aromatic carbocycles. The van der Waals surface area contributed by atoms with Gasteiger partial charge in [-0.25, -0.2) is 4.39 Å². The Kier molecular flexibility index (Phi) is 6.37. The maximum absolute atomic E-state index is 14.3. The number of ether oxygens (including phenoxy) is 1. The van der Waals surface area contributed by atoms with Crippen LogP contribution in [0, 0.1) is 11.7 Å². The molecule has 5 nitrogen and oxygen atoms in total. The van der Waals surface area contributed by atoms with E-state index in [9.17, 15) is 14.0 Å². The van der Waals surface area contributed by atoms with Crippen LogP contribution in [0.2, 0.25) is 0 Å². The van der Waals surface area contributed by atoms with Crippen LogP contribution in [0.25, 0.3) is 0 Å². The maximum Gasteiger partial charge on any atom is 0.245 e. The number of morpholine rings is 1. The van der Waals surface area contributed by atoms with Crippen LogP contribution in [-0.2, 0) is 27.3 Å². The summed E-state index contributed by atoms with van der Waals surface area (Å²) in [4.78, 5) is 30.3. The average molecular weight is 425 g/mol. The van der Waals surface area contributed by atoms with Crippen molar-refractivity contribution < 1.29 is 18.7 Å². The number of hydrogen-bond acceptors (Lipinski definition) is 3. The van der Waals surface area contributed by atoms with Crippen molar-refractivity contribution in [1.29, 1.82) is 0 Å². The van der Waals surface area contributed by atoms with Gasteiger partial charge in [0.15, 0.2) is 0 Å². The van der Waals surface area contributed by atoms with E-state index in [4.69, 9.17) is 4.74 Å². The van der Waals surface area contributed by atoms with Crippen LogP contribution in [0.5, 0.6) is 0 Å². The standard InChI is InChI=1S/C25H29FN2O3/c1-3-17(2)24(29)28-15-19-9-5-4-8-18(19)14-22(28)25(30)27-12-13-31-23(16-27)20-10-6-7-11-21(20)26/h4-11,17,22-23H,3,12-16H2,1-2H3. The summed E-state index contributed by atoms with van der Waals surface area (Å²) in [6, 6.07) is 14.0. The number of halogens is 1. The Labute approximate surface area is 182 Å². The molecule has 0 aliphatic carbocycles. The van der Waals surface area contributed by atoms with E-state index in [0.717, 1.165) is 17.5 Å². The largest absolute Gasteiger partial charge is 0.370 e. The third kappa shape index (κ3) is 4.35. The van der Waals surface area contributed by atoms with Gasteiger partial charge < -0.3 is 14.5 Å². The van der Waals surface area contributed by atoms with E-state index in [1.54, 1.807) is 28.0 Å². The fraction of sp³-hybridized carbons (Fsp3) is 0.440.